The third-order valence-corrected chi connectivity index (χ3v) is 7.13. The molecule has 4 aliphatic carbocycles. The van der Waals surface area contributed by atoms with Crippen molar-refractivity contribution in [3.63, 3.8) is 0 Å². The maximum atomic E-state index is 13.1. The van der Waals surface area contributed by atoms with Gasteiger partial charge in [-0.2, -0.15) is 0 Å². The highest BCUT2D eigenvalue weighted by Crippen LogP contribution is 2.55. The largest absolute Gasteiger partial charge is 0.390 e. The molecule has 2 atom stereocenters. The van der Waals surface area contributed by atoms with Crippen LogP contribution in [0.5, 0.6) is 0 Å². The Morgan fingerprint density at radius 2 is 2.00 bits per heavy atom. The van der Waals surface area contributed by atoms with Gasteiger partial charge in [-0.3, -0.25) is 4.90 Å². The van der Waals surface area contributed by atoms with E-state index < -0.39 is 5.60 Å². The fourth-order valence-corrected chi connectivity index (χ4v) is 6.37. The predicted octanol–water partition coefficient (Wildman–Crippen LogP) is 3.40. The normalized spacial score (nSPS) is 38.6. The molecule has 0 radical (unpaired) electrons. The van der Waals surface area contributed by atoms with Gasteiger partial charge < -0.3 is 10.4 Å². The molecular weight excluding hydrogens is 312 g/mol. The Morgan fingerprint density at radius 3 is 2.72 bits per heavy atom. The van der Waals surface area contributed by atoms with Gasteiger partial charge in [0.2, 0.25) is 0 Å². The Morgan fingerprint density at radius 1 is 1.24 bits per heavy atom. The average molecular weight is 340 g/mol. The minimum atomic E-state index is -0.438. The molecule has 4 saturated carbocycles. The van der Waals surface area contributed by atoms with Crippen LogP contribution in [0.2, 0.25) is 0 Å². The zero-order valence-electron chi connectivity index (χ0n) is 15.0. The van der Waals surface area contributed by atoms with E-state index in [2.05, 4.69) is 30.4 Å². The molecule has 4 nitrogen and oxygen atoms in total. The highest BCUT2D eigenvalue weighted by atomic mass is 16.3. The second kappa shape index (κ2) is 5.47. The smallest absolute Gasteiger partial charge is 0.322 e. The number of aliphatic hydroxyl groups is 1. The molecule has 6 rings (SSSR count). The van der Waals surface area contributed by atoms with Crippen LogP contribution in [0.4, 0.5) is 10.5 Å². The van der Waals surface area contributed by atoms with Gasteiger partial charge in [0.25, 0.3) is 0 Å². The van der Waals surface area contributed by atoms with Crippen LogP contribution in [-0.4, -0.2) is 29.3 Å². The highest BCUT2D eigenvalue weighted by molar-refractivity contribution is 5.93. The molecule has 1 heterocycles. The van der Waals surface area contributed by atoms with Crippen LogP contribution in [0, 0.1) is 24.7 Å². The molecule has 0 spiro atoms. The van der Waals surface area contributed by atoms with Gasteiger partial charge in [0.15, 0.2) is 0 Å². The number of nitrogens with one attached hydrogen (secondary N) is 1. The maximum Gasteiger partial charge on any atom is 0.322 e. The number of fused-ring (bicyclic) bond motifs is 1. The van der Waals surface area contributed by atoms with Crippen molar-refractivity contribution in [3.8, 4) is 0 Å². The Balaban J connectivity index is 1.35. The number of nitrogens with zero attached hydrogens (tertiary/aromatic N) is 1. The third kappa shape index (κ3) is 2.57. The summed E-state index contributed by atoms with van der Waals surface area (Å²) >= 11 is 0. The van der Waals surface area contributed by atoms with Crippen LogP contribution in [-0.2, 0) is 6.42 Å². The number of hydrogen-bond acceptors (Lipinski definition) is 2. The first kappa shape index (κ1) is 15.7. The van der Waals surface area contributed by atoms with E-state index in [0.29, 0.717) is 17.8 Å². The quantitative estimate of drug-likeness (QED) is 0.823. The van der Waals surface area contributed by atoms with Crippen molar-refractivity contribution in [2.75, 3.05) is 11.4 Å². The van der Waals surface area contributed by atoms with Gasteiger partial charge in [-0.05, 0) is 81.3 Å². The molecule has 2 N–H and O–H groups in total. The van der Waals surface area contributed by atoms with Crippen LogP contribution in [0.15, 0.2) is 18.2 Å². The monoisotopic (exact) mass is 340 g/mol. The summed E-state index contributed by atoms with van der Waals surface area (Å²) in [7, 11) is 0. The molecule has 4 bridgehead atoms. The first-order valence-corrected chi connectivity index (χ1v) is 9.91. The number of urea groups is 1. The molecule has 4 fully saturated rings. The average Bonchev–Trinajstić information content (AvgIpc) is 2.55. The topological polar surface area (TPSA) is 52.6 Å². The number of rotatable bonds is 1. The van der Waals surface area contributed by atoms with E-state index >= 15 is 0 Å². The Hall–Kier alpha value is -1.55. The zero-order valence-corrected chi connectivity index (χ0v) is 15.0. The van der Waals surface area contributed by atoms with Gasteiger partial charge >= 0.3 is 6.03 Å². The zero-order chi connectivity index (χ0) is 17.2. The van der Waals surface area contributed by atoms with Crippen molar-refractivity contribution in [3.05, 3.63) is 29.3 Å². The molecule has 1 aliphatic heterocycles. The van der Waals surface area contributed by atoms with Crippen molar-refractivity contribution in [2.45, 2.75) is 63.5 Å². The van der Waals surface area contributed by atoms with Gasteiger partial charge in [0, 0.05) is 18.3 Å². The van der Waals surface area contributed by atoms with E-state index in [1.807, 2.05) is 4.90 Å². The first-order valence-electron chi connectivity index (χ1n) is 9.91. The summed E-state index contributed by atoms with van der Waals surface area (Å²) in [5.41, 5.74) is 3.19. The van der Waals surface area contributed by atoms with Crippen LogP contribution in [0.3, 0.4) is 0 Å². The molecule has 1 aromatic carbocycles. The van der Waals surface area contributed by atoms with Crippen molar-refractivity contribution in [1.29, 1.82) is 0 Å². The summed E-state index contributed by atoms with van der Waals surface area (Å²) in [5, 5.41) is 14.1. The number of amides is 2. The fraction of sp³-hybridized carbons (Fsp3) is 0.667. The lowest BCUT2D eigenvalue weighted by atomic mass is 9.52. The Kier molecular flexibility index (Phi) is 3.43. The summed E-state index contributed by atoms with van der Waals surface area (Å²) in [6.45, 7) is 2.91. The van der Waals surface area contributed by atoms with Crippen LogP contribution < -0.4 is 10.2 Å². The maximum absolute atomic E-state index is 13.1. The molecule has 134 valence electrons. The molecule has 2 amide bonds. The molecule has 25 heavy (non-hydrogen) atoms. The van der Waals surface area contributed by atoms with Gasteiger partial charge in [-0.25, -0.2) is 4.79 Å². The van der Waals surface area contributed by atoms with Crippen molar-refractivity contribution in [1.82, 2.24) is 5.32 Å². The molecular formula is C21H28N2O2. The van der Waals surface area contributed by atoms with Gasteiger partial charge in [-0.15, -0.1) is 0 Å². The van der Waals surface area contributed by atoms with E-state index in [1.54, 1.807) is 0 Å². The lowest BCUT2D eigenvalue weighted by Gasteiger charge is -2.58. The van der Waals surface area contributed by atoms with Gasteiger partial charge in [-0.1, -0.05) is 17.7 Å². The number of hydrogen-bond donors (Lipinski definition) is 2. The molecule has 5 aliphatic rings. The van der Waals surface area contributed by atoms with Gasteiger partial charge in [0.1, 0.15) is 0 Å². The number of anilines is 1. The molecule has 1 aromatic rings. The van der Waals surface area contributed by atoms with E-state index in [4.69, 9.17) is 0 Å². The predicted molar refractivity (Wildman–Crippen MR) is 97.7 cm³/mol. The number of carbonyl (C=O) groups is 1. The standard InChI is InChI=1S/C21H28N2O2/c1-13-4-5-18-15(7-13)3-2-6-23(18)20(24)22-19-16-8-14-9-17(19)12-21(25,10-14)11-16/h4-5,7,14,16-17,19,25H,2-3,6,8-12H2,1H3,(H,22,24). The minimum Gasteiger partial charge on any atom is -0.390 e. The molecule has 2 unspecified atom stereocenters. The summed E-state index contributed by atoms with van der Waals surface area (Å²) in [4.78, 5) is 15.0. The van der Waals surface area contributed by atoms with E-state index in [0.717, 1.165) is 44.3 Å². The fourth-order valence-electron chi connectivity index (χ4n) is 6.37. The SMILES string of the molecule is Cc1ccc2c(c1)CCCN2C(=O)NC1C2CC3CC1CC(O)(C3)C2. The second-order valence-corrected chi connectivity index (χ2v) is 9.06. The van der Waals surface area contributed by atoms with Crippen molar-refractivity contribution >= 4 is 11.7 Å². The third-order valence-electron chi connectivity index (χ3n) is 7.13. The summed E-state index contributed by atoms with van der Waals surface area (Å²) in [6.07, 6.45) is 7.19. The number of carbonyl (C=O) groups excluding carboxylic acids is 1. The minimum absolute atomic E-state index is 0.0641. The Labute approximate surface area is 149 Å². The molecule has 0 saturated heterocycles. The summed E-state index contributed by atoms with van der Waals surface area (Å²) in [5.74, 6) is 1.60. The van der Waals surface area contributed by atoms with Crippen LogP contribution in [0.25, 0.3) is 0 Å². The lowest BCUT2D eigenvalue weighted by Crippen LogP contribution is -2.63. The number of aryl methyl sites for hydroxylation is 2. The van der Waals surface area contributed by atoms with Gasteiger partial charge in [0.05, 0.1) is 5.60 Å². The van der Waals surface area contributed by atoms with Crippen LogP contribution in [0.1, 0.15) is 49.7 Å². The highest BCUT2D eigenvalue weighted by Gasteiger charge is 2.55. The van der Waals surface area contributed by atoms with E-state index in [-0.39, 0.29) is 12.1 Å². The van der Waals surface area contributed by atoms with Crippen LogP contribution >= 0.6 is 0 Å². The second-order valence-electron chi connectivity index (χ2n) is 9.06. The lowest BCUT2D eigenvalue weighted by molar-refractivity contribution is -0.136. The summed E-state index contributed by atoms with van der Waals surface area (Å²) < 4.78 is 0. The first-order chi connectivity index (χ1) is 12.0. The number of benzene rings is 1. The van der Waals surface area contributed by atoms with E-state index in [1.165, 1.54) is 24.0 Å². The van der Waals surface area contributed by atoms with Crippen molar-refractivity contribution in [2.24, 2.45) is 17.8 Å². The van der Waals surface area contributed by atoms with Crippen molar-refractivity contribution < 1.29 is 9.90 Å². The Bertz CT molecular complexity index is 700. The molecule has 4 heteroatoms. The van der Waals surface area contributed by atoms with E-state index in [9.17, 15) is 9.90 Å². The summed E-state index contributed by atoms with van der Waals surface area (Å²) in [6, 6.07) is 6.73. The molecule has 0 aromatic heterocycles.